The van der Waals surface area contributed by atoms with Gasteiger partial charge >= 0.3 is 12.1 Å². The number of carboxylic acids is 1. The van der Waals surface area contributed by atoms with E-state index in [9.17, 15) is 14.7 Å². The number of carboxylic acid groups (broad SMARTS) is 1. The Labute approximate surface area is 133 Å². The highest BCUT2D eigenvalue weighted by Gasteiger charge is 2.33. The standard InChI is InChI=1S/C16H30N2O4/c1-6-11(2)12(17-15(21)22-16(3,4)5)10-18-9-7-8-13(18)14(19)20/h11-13H,6-10H2,1-5H3,(H,17,21)(H,19,20)/t11?,12?,13-/m0/s1. The van der Waals surface area contributed by atoms with Crippen molar-refractivity contribution in [2.45, 2.75) is 71.6 Å². The number of nitrogens with zero attached hydrogens (tertiary/aromatic N) is 1. The maximum Gasteiger partial charge on any atom is 0.407 e. The van der Waals surface area contributed by atoms with E-state index in [1.165, 1.54) is 0 Å². The average Bonchev–Trinajstić information content (AvgIpc) is 2.83. The van der Waals surface area contributed by atoms with Gasteiger partial charge in [0.2, 0.25) is 0 Å². The molecule has 0 radical (unpaired) electrons. The van der Waals surface area contributed by atoms with Gasteiger partial charge in [-0.05, 0) is 46.1 Å². The molecule has 0 saturated carbocycles. The van der Waals surface area contributed by atoms with Crippen LogP contribution in [0.15, 0.2) is 0 Å². The van der Waals surface area contributed by atoms with Crippen LogP contribution in [0.5, 0.6) is 0 Å². The molecule has 22 heavy (non-hydrogen) atoms. The second kappa shape index (κ2) is 7.81. The van der Waals surface area contributed by atoms with Crippen LogP contribution in [0.3, 0.4) is 0 Å². The summed E-state index contributed by atoms with van der Waals surface area (Å²) in [5, 5.41) is 12.2. The van der Waals surface area contributed by atoms with E-state index in [0.717, 1.165) is 19.4 Å². The van der Waals surface area contributed by atoms with E-state index in [-0.39, 0.29) is 12.0 Å². The summed E-state index contributed by atoms with van der Waals surface area (Å²) in [6, 6.07) is -0.549. The third-order valence-corrected chi connectivity index (χ3v) is 4.11. The van der Waals surface area contributed by atoms with E-state index in [4.69, 9.17) is 4.74 Å². The lowest BCUT2D eigenvalue weighted by Gasteiger charge is -2.31. The molecule has 1 saturated heterocycles. The number of ether oxygens (including phenoxy) is 1. The number of aliphatic carboxylic acids is 1. The predicted octanol–water partition coefficient (Wildman–Crippen LogP) is 2.47. The molecule has 0 bridgehead atoms. The maximum atomic E-state index is 12.0. The van der Waals surface area contributed by atoms with Crippen molar-refractivity contribution in [2.24, 2.45) is 5.92 Å². The number of rotatable bonds is 6. The number of carbonyl (C=O) groups excluding carboxylic acids is 1. The molecule has 6 nitrogen and oxygen atoms in total. The van der Waals surface area contributed by atoms with E-state index in [1.807, 2.05) is 25.7 Å². The van der Waals surface area contributed by atoms with E-state index < -0.39 is 23.7 Å². The van der Waals surface area contributed by atoms with Gasteiger partial charge in [-0.3, -0.25) is 9.69 Å². The first-order chi connectivity index (χ1) is 10.1. The third kappa shape index (κ3) is 5.83. The Morgan fingerprint density at radius 2 is 2.05 bits per heavy atom. The Balaban J connectivity index is 2.69. The number of likely N-dealkylation sites (tertiary alicyclic amines) is 1. The predicted molar refractivity (Wildman–Crippen MR) is 84.8 cm³/mol. The fraction of sp³-hybridized carbons (Fsp3) is 0.875. The zero-order chi connectivity index (χ0) is 16.9. The molecule has 0 aromatic carbocycles. The Bertz CT molecular complexity index is 392. The Hall–Kier alpha value is -1.30. The maximum absolute atomic E-state index is 12.0. The number of hydrogen-bond acceptors (Lipinski definition) is 4. The van der Waals surface area contributed by atoms with Crippen molar-refractivity contribution >= 4 is 12.1 Å². The molecule has 1 aliphatic heterocycles. The molecule has 1 aliphatic rings. The van der Waals surface area contributed by atoms with Gasteiger partial charge in [0.25, 0.3) is 0 Å². The smallest absolute Gasteiger partial charge is 0.407 e. The Kier molecular flexibility index (Phi) is 6.66. The van der Waals surface area contributed by atoms with Crippen molar-refractivity contribution in [3.05, 3.63) is 0 Å². The highest BCUT2D eigenvalue weighted by Crippen LogP contribution is 2.20. The summed E-state index contributed by atoms with van der Waals surface area (Å²) in [7, 11) is 0. The molecule has 1 rings (SSSR count). The molecule has 2 N–H and O–H groups in total. The topological polar surface area (TPSA) is 78.9 Å². The number of nitrogens with one attached hydrogen (secondary N) is 1. The van der Waals surface area contributed by atoms with Gasteiger partial charge in [-0.2, -0.15) is 0 Å². The third-order valence-electron chi connectivity index (χ3n) is 4.11. The highest BCUT2D eigenvalue weighted by atomic mass is 16.6. The molecule has 0 aromatic rings. The van der Waals surface area contributed by atoms with Crippen LogP contribution in [0, 0.1) is 5.92 Å². The molecule has 128 valence electrons. The van der Waals surface area contributed by atoms with Gasteiger partial charge in [0.15, 0.2) is 0 Å². The van der Waals surface area contributed by atoms with E-state index >= 15 is 0 Å². The van der Waals surface area contributed by atoms with Crippen LogP contribution in [0.1, 0.15) is 53.9 Å². The summed E-state index contributed by atoms with van der Waals surface area (Å²) in [6.45, 7) is 10.9. The largest absolute Gasteiger partial charge is 0.480 e. The van der Waals surface area contributed by atoms with Crippen molar-refractivity contribution in [3.8, 4) is 0 Å². The molecular formula is C16H30N2O4. The van der Waals surface area contributed by atoms with Gasteiger partial charge in [-0.15, -0.1) is 0 Å². The normalized spacial score (nSPS) is 22.1. The van der Waals surface area contributed by atoms with Gasteiger partial charge in [0.05, 0.1) is 0 Å². The number of alkyl carbamates (subject to hydrolysis) is 1. The van der Waals surface area contributed by atoms with Crippen molar-refractivity contribution in [1.82, 2.24) is 10.2 Å². The minimum Gasteiger partial charge on any atom is -0.480 e. The molecule has 1 heterocycles. The van der Waals surface area contributed by atoms with Crippen LogP contribution < -0.4 is 5.32 Å². The lowest BCUT2D eigenvalue weighted by Crippen LogP contribution is -2.50. The van der Waals surface area contributed by atoms with Crippen LogP contribution in [-0.4, -0.2) is 52.8 Å². The first-order valence-electron chi connectivity index (χ1n) is 8.10. The second-order valence-corrected chi connectivity index (χ2v) is 7.13. The molecule has 0 spiro atoms. The Morgan fingerprint density at radius 1 is 1.41 bits per heavy atom. The van der Waals surface area contributed by atoms with Crippen LogP contribution in [0.4, 0.5) is 4.79 Å². The molecule has 1 amide bonds. The molecule has 2 unspecified atom stereocenters. The van der Waals surface area contributed by atoms with Gasteiger partial charge in [-0.25, -0.2) is 4.79 Å². The van der Waals surface area contributed by atoms with Gasteiger partial charge in [-0.1, -0.05) is 20.3 Å². The first-order valence-corrected chi connectivity index (χ1v) is 8.10. The minimum absolute atomic E-state index is 0.111. The van der Waals surface area contributed by atoms with Crippen LogP contribution in [-0.2, 0) is 9.53 Å². The Morgan fingerprint density at radius 3 is 2.55 bits per heavy atom. The summed E-state index contributed by atoms with van der Waals surface area (Å²) in [4.78, 5) is 25.3. The number of hydrogen-bond donors (Lipinski definition) is 2. The lowest BCUT2D eigenvalue weighted by atomic mass is 9.98. The van der Waals surface area contributed by atoms with E-state index in [2.05, 4.69) is 19.2 Å². The summed E-state index contributed by atoms with van der Waals surface area (Å²) in [5.41, 5.74) is -0.540. The van der Waals surface area contributed by atoms with Crippen molar-refractivity contribution in [1.29, 1.82) is 0 Å². The molecule has 6 heteroatoms. The van der Waals surface area contributed by atoms with Crippen molar-refractivity contribution < 1.29 is 19.4 Å². The molecule has 1 fully saturated rings. The van der Waals surface area contributed by atoms with Crippen molar-refractivity contribution in [2.75, 3.05) is 13.1 Å². The minimum atomic E-state index is -0.780. The van der Waals surface area contributed by atoms with Crippen LogP contribution in [0.2, 0.25) is 0 Å². The molecule has 0 aromatic heterocycles. The van der Waals surface area contributed by atoms with Gasteiger partial charge in [0, 0.05) is 12.6 Å². The zero-order valence-electron chi connectivity index (χ0n) is 14.4. The van der Waals surface area contributed by atoms with E-state index in [1.54, 1.807) is 0 Å². The lowest BCUT2D eigenvalue weighted by molar-refractivity contribution is -0.142. The quantitative estimate of drug-likeness (QED) is 0.787. The monoisotopic (exact) mass is 314 g/mol. The molecule has 3 atom stereocenters. The summed E-state index contributed by atoms with van der Waals surface area (Å²) in [6.07, 6.45) is 2.03. The fourth-order valence-electron chi connectivity index (χ4n) is 2.69. The molecular weight excluding hydrogens is 284 g/mol. The van der Waals surface area contributed by atoms with E-state index in [0.29, 0.717) is 13.0 Å². The summed E-state index contributed by atoms with van der Waals surface area (Å²) < 4.78 is 5.32. The van der Waals surface area contributed by atoms with Crippen LogP contribution in [0.25, 0.3) is 0 Å². The van der Waals surface area contributed by atoms with Crippen LogP contribution >= 0.6 is 0 Å². The summed E-state index contributed by atoms with van der Waals surface area (Å²) in [5.74, 6) is -0.528. The number of amides is 1. The highest BCUT2D eigenvalue weighted by molar-refractivity contribution is 5.73. The van der Waals surface area contributed by atoms with Crippen molar-refractivity contribution in [3.63, 3.8) is 0 Å². The first kappa shape index (κ1) is 18.7. The zero-order valence-corrected chi connectivity index (χ0v) is 14.4. The number of carbonyl (C=O) groups is 2. The van der Waals surface area contributed by atoms with Gasteiger partial charge < -0.3 is 15.2 Å². The second-order valence-electron chi connectivity index (χ2n) is 7.13. The summed E-state index contributed by atoms with van der Waals surface area (Å²) >= 11 is 0. The van der Waals surface area contributed by atoms with Gasteiger partial charge in [0.1, 0.15) is 11.6 Å². The molecule has 0 aliphatic carbocycles. The fourth-order valence-corrected chi connectivity index (χ4v) is 2.69. The SMILES string of the molecule is CCC(C)C(CN1CCC[C@H]1C(=O)O)NC(=O)OC(C)(C)C. The average molecular weight is 314 g/mol.